The summed E-state index contributed by atoms with van der Waals surface area (Å²) in [6, 6.07) is 16.5. The van der Waals surface area contributed by atoms with Gasteiger partial charge in [-0.05, 0) is 40.6 Å². The molecule has 0 aromatic heterocycles. The molecule has 1 unspecified atom stereocenters. The summed E-state index contributed by atoms with van der Waals surface area (Å²) < 4.78 is 37.6. The van der Waals surface area contributed by atoms with E-state index in [1.165, 1.54) is 0 Å². The van der Waals surface area contributed by atoms with Crippen LogP contribution in [0.5, 0.6) is 0 Å². The number of hydrogen-bond acceptors (Lipinski definition) is 3. The molecule has 0 spiro atoms. The molecule has 8 heteroatoms. The first-order chi connectivity index (χ1) is 13.8. The minimum Gasteiger partial charge on any atom is -0.387 e. The van der Waals surface area contributed by atoms with Crippen LogP contribution in [0.15, 0.2) is 66.7 Å². The van der Waals surface area contributed by atoms with Crippen molar-refractivity contribution < 1.29 is 27.9 Å². The number of anilines is 1. The Bertz CT molecular complexity index is 1030. The zero-order valence-electron chi connectivity index (χ0n) is 15.0. The van der Waals surface area contributed by atoms with E-state index in [0.29, 0.717) is 5.56 Å². The average Bonchev–Trinajstić information content (AvgIpc) is 2.71. The third-order valence-electron chi connectivity index (χ3n) is 4.31. The van der Waals surface area contributed by atoms with Gasteiger partial charge in [0.2, 0.25) is 0 Å². The third kappa shape index (κ3) is 4.91. The molecule has 2 amide bonds. The van der Waals surface area contributed by atoms with E-state index in [-0.39, 0.29) is 12.2 Å². The smallest absolute Gasteiger partial charge is 0.387 e. The summed E-state index contributed by atoms with van der Waals surface area (Å²) in [4.78, 5) is 23.9. The Morgan fingerprint density at radius 3 is 2.24 bits per heavy atom. The van der Waals surface area contributed by atoms with Gasteiger partial charge in [-0.15, -0.1) is 0 Å². The summed E-state index contributed by atoms with van der Waals surface area (Å²) in [6.45, 7) is -0.201. The SMILES string of the molecule is O=C(NCC(O)c1cccc2ccccc12)C(=O)Nc1ccc(C(F)(F)F)cc1. The van der Waals surface area contributed by atoms with Crippen molar-refractivity contribution in [1.29, 1.82) is 0 Å². The lowest BCUT2D eigenvalue weighted by molar-refractivity contribution is -0.137. The van der Waals surface area contributed by atoms with Gasteiger partial charge in [-0.25, -0.2) is 0 Å². The minimum absolute atomic E-state index is 0.0488. The summed E-state index contributed by atoms with van der Waals surface area (Å²) in [7, 11) is 0. The van der Waals surface area contributed by atoms with E-state index >= 15 is 0 Å². The van der Waals surface area contributed by atoms with Gasteiger partial charge >= 0.3 is 18.0 Å². The fourth-order valence-electron chi connectivity index (χ4n) is 2.85. The molecule has 0 fully saturated rings. The molecule has 0 aliphatic carbocycles. The number of fused-ring (bicyclic) bond motifs is 1. The van der Waals surface area contributed by atoms with Crippen LogP contribution >= 0.6 is 0 Å². The molecule has 0 aliphatic rings. The summed E-state index contributed by atoms with van der Waals surface area (Å²) in [5.41, 5.74) is -0.211. The van der Waals surface area contributed by atoms with Crippen LogP contribution in [0, 0.1) is 0 Å². The summed E-state index contributed by atoms with van der Waals surface area (Å²) in [5, 5.41) is 16.7. The summed E-state index contributed by atoms with van der Waals surface area (Å²) in [5.74, 6) is -2.06. The van der Waals surface area contributed by atoms with Crippen LogP contribution in [0.3, 0.4) is 0 Å². The molecule has 5 nitrogen and oxygen atoms in total. The fourth-order valence-corrected chi connectivity index (χ4v) is 2.85. The van der Waals surface area contributed by atoms with Gasteiger partial charge in [-0.3, -0.25) is 9.59 Å². The maximum Gasteiger partial charge on any atom is 0.416 e. The first kappa shape index (κ1) is 20.3. The van der Waals surface area contributed by atoms with Crippen molar-refractivity contribution in [2.75, 3.05) is 11.9 Å². The molecule has 0 heterocycles. The van der Waals surface area contributed by atoms with Gasteiger partial charge in [0.25, 0.3) is 0 Å². The predicted molar refractivity (Wildman–Crippen MR) is 102 cm³/mol. The van der Waals surface area contributed by atoms with E-state index in [1.807, 2.05) is 30.3 Å². The van der Waals surface area contributed by atoms with Crippen LogP contribution in [-0.4, -0.2) is 23.5 Å². The molecular formula is C21H17F3N2O3. The second-order valence-electron chi connectivity index (χ2n) is 6.32. The van der Waals surface area contributed by atoms with Gasteiger partial charge in [0.1, 0.15) is 0 Å². The lowest BCUT2D eigenvalue weighted by Gasteiger charge is -2.15. The molecule has 3 rings (SSSR count). The Labute approximate surface area is 164 Å². The number of nitrogens with one attached hydrogen (secondary N) is 2. The Kier molecular flexibility index (Phi) is 5.84. The van der Waals surface area contributed by atoms with Crippen LogP contribution < -0.4 is 10.6 Å². The molecule has 3 aromatic carbocycles. The zero-order chi connectivity index (χ0) is 21.0. The summed E-state index contributed by atoms with van der Waals surface area (Å²) in [6.07, 6.45) is -5.53. The third-order valence-corrected chi connectivity index (χ3v) is 4.31. The molecule has 0 radical (unpaired) electrons. The van der Waals surface area contributed by atoms with E-state index in [0.717, 1.165) is 35.0 Å². The first-order valence-electron chi connectivity index (χ1n) is 8.68. The monoisotopic (exact) mass is 402 g/mol. The fraction of sp³-hybridized carbons (Fsp3) is 0.143. The maximum atomic E-state index is 12.5. The number of carbonyl (C=O) groups excluding carboxylic acids is 2. The van der Waals surface area contributed by atoms with Crippen molar-refractivity contribution in [3.63, 3.8) is 0 Å². The number of alkyl halides is 3. The molecule has 1 atom stereocenters. The molecule has 0 bridgehead atoms. The summed E-state index contributed by atoms with van der Waals surface area (Å²) >= 11 is 0. The highest BCUT2D eigenvalue weighted by molar-refractivity contribution is 6.39. The van der Waals surface area contributed by atoms with Gasteiger partial charge in [0.05, 0.1) is 11.7 Å². The van der Waals surface area contributed by atoms with E-state index in [9.17, 15) is 27.9 Å². The van der Waals surface area contributed by atoms with Crippen LogP contribution in [0.4, 0.5) is 18.9 Å². The van der Waals surface area contributed by atoms with Gasteiger partial charge in [-0.1, -0.05) is 42.5 Å². The van der Waals surface area contributed by atoms with Crippen LogP contribution in [0.1, 0.15) is 17.2 Å². The topological polar surface area (TPSA) is 78.4 Å². The van der Waals surface area contributed by atoms with Crippen molar-refractivity contribution in [2.45, 2.75) is 12.3 Å². The number of aliphatic hydroxyl groups excluding tert-OH is 1. The second-order valence-corrected chi connectivity index (χ2v) is 6.32. The molecular weight excluding hydrogens is 385 g/mol. The first-order valence-corrected chi connectivity index (χ1v) is 8.68. The molecule has 0 saturated heterocycles. The number of amides is 2. The van der Waals surface area contributed by atoms with Crippen molar-refractivity contribution in [3.05, 3.63) is 77.9 Å². The Morgan fingerprint density at radius 1 is 0.897 bits per heavy atom. The lowest BCUT2D eigenvalue weighted by atomic mass is 10.0. The van der Waals surface area contributed by atoms with Crippen LogP contribution in [0.2, 0.25) is 0 Å². The Morgan fingerprint density at radius 2 is 1.55 bits per heavy atom. The lowest BCUT2D eigenvalue weighted by Crippen LogP contribution is -2.37. The minimum atomic E-state index is -4.49. The van der Waals surface area contributed by atoms with Crippen molar-refractivity contribution >= 4 is 28.3 Å². The molecule has 150 valence electrons. The zero-order valence-corrected chi connectivity index (χ0v) is 15.0. The Hall–Kier alpha value is -3.39. The molecule has 0 saturated carbocycles. The number of halogens is 3. The largest absolute Gasteiger partial charge is 0.416 e. The van der Waals surface area contributed by atoms with Crippen molar-refractivity contribution in [3.8, 4) is 0 Å². The molecule has 3 aromatic rings. The van der Waals surface area contributed by atoms with Gasteiger partial charge < -0.3 is 15.7 Å². The van der Waals surface area contributed by atoms with Gasteiger partial charge in [0.15, 0.2) is 0 Å². The predicted octanol–water partition coefficient (Wildman–Crippen LogP) is 3.65. The van der Waals surface area contributed by atoms with Crippen molar-refractivity contribution in [1.82, 2.24) is 5.32 Å². The van der Waals surface area contributed by atoms with Crippen LogP contribution in [-0.2, 0) is 15.8 Å². The number of benzene rings is 3. The van der Waals surface area contributed by atoms with Gasteiger partial charge in [0, 0.05) is 12.2 Å². The molecule has 0 aliphatic heterocycles. The number of hydrogen-bond donors (Lipinski definition) is 3. The number of rotatable bonds is 4. The maximum absolute atomic E-state index is 12.5. The highest BCUT2D eigenvalue weighted by atomic mass is 19.4. The molecule has 29 heavy (non-hydrogen) atoms. The number of carbonyl (C=O) groups is 2. The average molecular weight is 402 g/mol. The van der Waals surface area contributed by atoms with Crippen molar-refractivity contribution in [2.24, 2.45) is 0 Å². The highest BCUT2D eigenvalue weighted by Gasteiger charge is 2.30. The standard InChI is InChI=1S/C21H17F3N2O3/c22-21(23,24)14-8-10-15(11-9-14)26-20(29)19(28)25-12-18(27)17-7-3-5-13-4-1-2-6-16(13)17/h1-11,18,27H,12H2,(H,25,28)(H,26,29). The highest BCUT2D eigenvalue weighted by Crippen LogP contribution is 2.29. The molecule has 3 N–H and O–H groups in total. The Balaban J connectivity index is 1.59. The second kappa shape index (κ2) is 8.32. The van der Waals surface area contributed by atoms with E-state index in [2.05, 4.69) is 10.6 Å². The normalized spacial score (nSPS) is 12.4. The number of aliphatic hydroxyl groups is 1. The van der Waals surface area contributed by atoms with Gasteiger partial charge in [-0.2, -0.15) is 13.2 Å². The van der Waals surface area contributed by atoms with E-state index < -0.39 is 29.7 Å². The van der Waals surface area contributed by atoms with Crippen LogP contribution in [0.25, 0.3) is 10.8 Å². The quantitative estimate of drug-likeness (QED) is 0.583. The van der Waals surface area contributed by atoms with E-state index in [4.69, 9.17) is 0 Å². The van der Waals surface area contributed by atoms with E-state index in [1.54, 1.807) is 12.1 Å².